The third-order valence-corrected chi connectivity index (χ3v) is 5.19. The topological polar surface area (TPSA) is 45.7 Å². The van der Waals surface area contributed by atoms with Crippen LogP contribution >= 0.6 is 35.6 Å². The summed E-state index contributed by atoms with van der Waals surface area (Å²) < 4.78 is 19.0. The molecule has 1 aromatic carbocycles. The molecule has 1 saturated carbocycles. The van der Waals surface area contributed by atoms with E-state index in [2.05, 4.69) is 15.6 Å². The van der Waals surface area contributed by atoms with E-state index in [-0.39, 0.29) is 29.8 Å². The van der Waals surface area contributed by atoms with Crippen molar-refractivity contribution >= 4 is 41.5 Å². The number of hydrogen-bond donors (Lipinski definition) is 2. The molecule has 142 valence electrons. The van der Waals surface area contributed by atoms with Gasteiger partial charge in [-0.3, -0.25) is 4.99 Å². The predicted octanol–water partition coefficient (Wildman–Crippen LogP) is 4.01. The van der Waals surface area contributed by atoms with Crippen LogP contribution in [-0.2, 0) is 11.2 Å². The van der Waals surface area contributed by atoms with Crippen molar-refractivity contribution < 1.29 is 9.13 Å². The number of ether oxygens (including phenoxy) is 1. The van der Waals surface area contributed by atoms with Gasteiger partial charge < -0.3 is 15.4 Å². The molecule has 7 heteroatoms. The highest BCUT2D eigenvalue weighted by Gasteiger charge is 2.36. The molecule has 0 heterocycles. The first kappa shape index (κ1) is 22.4. The molecule has 0 atom stereocenters. The lowest BCUT2D eigenvalue weighted by Gasteiger charge is -2.42. The van der Waals surface area contributed by atoms with Gasteiger partial charge in [0.1, 0.15) is 5.82 Å². The Balaban J connectivity index is 0.00000312. The Hall–Kier alpha value is -0.600. The van der Waals surface area contributed by atoms with Crippen LogP contribution in [0.15, 0.2) is 23.2 Å². The van der Waals surface area contributed by atoms with Crippen LogP contribution in [0.3, 0.4) is 0 Å². The zero-order valence-electron chi connectivity index (χ0n) is 14.9. The van der Waals surface area contributed by atoms with Crippen molar-refractivity contribution in [3.8, 4) is 0 Å². The van der Waals surface area contributed by atoms with Crippen LogP contribution in [0.5, 0.6) is 0 Å². The molecule has 0 radical (unpaired) electrons. The zero-order valence-corrected chi connectivity index (χ0v) is 18.0. The third kappa shape index (κ3) is 6.57. The second-order valence-corrected chi connectivity index (χ2v) is 6.81. The summed E-state index contributed by atoms with van der Waals surface area (Å²) in [6, 6.07) is 4.76. The number of methoxy groups -OCH3 is 1. The Kier molecular flexibility index (Phi) is 10.0. The molecule has 4 nitrogen and oxygen atoms in total. The van der Waals surface area contributed by atoms with E-state index in [4.69, 9.17) is 16.3 Å². The highest BCUT2D eigenvalue weighted by atomic mass is 127. The Morgan fingerprint density at radius 1 is 1.36 bits per heavy atom. The van der Waals surface area contributed by atoms with Crippen LogP contribution in [0.1, 0.15) is 31.2 Å². The van der Waals surface area contributed by atoms with Gasteiger partial charge in [-0.15, -0.1) is 24.0 Å². The first-order valence-electron chi connectivity index (χ1n) is 8.46. The van der Waals surface area contributed by atoms with Crippen LogP contribution in [0.2, 0.25) is 5.02 Å². The Morgan fingerprint density at radius 3 is 2.68 bits per heavy atom. The summed E-state index contributed by atoms with van der Waals surface area (Å²) in [5, 5.41) is 7.09. The van der Waals surface area contributed by atoms with Gasteiger partial charge in [-0.2, -0.15) is 0 Å². The summed E-state index contributed by atoms with van der Waals surface area (Å²) >= 11 is 6.05. The van der Waals surface area contributed by atoms with Crippen molar-refractivity contribution in [1.82, 2.24) is 10.6 Å². The largest absolute Gasteiger partial charge is 0.385 e. The lowest BCUT2D eigenvalue weighted by Crippen LogP contribution is -2.47. The van der Waals surface area contributed by atoms with E-state index in [1.165, 1.54) is 25.3 Å². The molecule has 0 amide bonds. The molecular formula is C18H28ClFIN3O. The van der Waals surface area contributed by atoms with Crippen molar-refractivity contribution in [2.75, 3.05) is 33.9 Å². The quantitative estimate of drug-likeness (QED) is 0.334. The number of guanidine groups is 1. The van der Waals surface area contributed by atoms with E-state index in [0.29, 0.717) is 29.0 Å². The second kappa shape index (κ2) is 11.2. The molecule has 0 unspecified atom stereocenters. The van der Waals surface area contributed by atoms with Gasteiger partial charge in [0.25, 0.3) is 0 Å². The van der Waals surface area contributed by atoms with Crippen molar-refractivity contribution in [2.45, 2.75) is 32.1 Å². The van der Waals surface area contributed by atoms with Gasteiger partial charge in [-0.1, -0.05) is 24.1 Å². The summed E-state index contributed by atoms with van der Waals surface area (Å²) in [5.41, 5.74) is 0.861. The molecule has 0 spiro atoms. The van der Waals surface area contributed by atoms with E-state index >= 15 is 0 Å². The van der Waals surface area contributed by atoms with Crippen molar-refractivity contribution in [1.29, 1.82) is 0 Å². The van der Waals surface area contributed by atoms with Gasteiger partial charge >= 0.3 is 0 Å². The monoisotopic (exact) mass is 483 g/mol. The molecule has 1 aliphatic carbocycles. The van der Waals surface area contributed by atoms with Gasteiger partial charge in [0, 0.05) is 44.4 Å². The smallest absolute Gasteiger partial charge is 0.191 e. The number of aliphatic imine (C=N–C) groups is 1. The number of benzene rings is 1. The van der Waals surface area contributed by atoms with Gasteiger partial charge in [0.15, 0.2) is 5.96 Å². The van der Waals surface area contributed by atoms with Crippen LogP contribution in [-0.4, -0.2) is 39.8 Å². The molecule has 2 rings (SSSR count). The van der Waals surface area contributed by atoms with Crippen LogP contribution in [0.25, 0.3) is 0 Å². The Labute approximate surface area is 172 Å². The fourth-order valence-corrected chi connectivity index (χ4v) is 3.34. The lowest BCUT2D eigenvalue weighted by molar-refractivity contribution is 0.0732. The van der Waals surface area contributed by atoms with E-state index in [1.54, 1.807) is 26.3 Å². The average molecular weight is 484 g/mol. The highest BCUT2D eigenvalue weighted by molar-refractivity contribution is 14.0. The number of hydrogen-bond acceptors (Lipinski definition) is 2. The third-order valence-electron chi connectivity index (χ3n) is 4.83. The van der Waals surface area contributed by atoms with Crippen LogP contribution < -0.4 is 10.6 Å². The molecule has 1 aliphatic rings. The maximum absolute atomic E-state index is 13.8. The molecule has 25 heavy (non-hydrogen) atoms. The van der Waals surface area contributed by atoms with Crippen molar-refractivity contribution in [2.24, 2.45) is 10.4 Å². The van der Waals surface area contributed by atoms with E-state index in [0.717, 1.165) is 25.5 Å². The highest BCUT2D eigenvalue weighted by Crippen LogP contribution is 2.43. The minimum Gasteiger partial charge on any atom is -0.385 e. The Bertz CT molecular complexity index is 547. The molecule has 1 aromatic rings. The lowest BCUT2D eigenvalue weighted by atomic mass is 9.67. The fraction of sp³-hybridized carbons (Fsp3) is 0.611. The van der Waals surface area contributed by atoms with Crippen LogP contribution in [0.4, 0.5) is 4.39 Å². The summed E-state index contributed by atoms with van der Waals surface area (Å²) in [7, 11) is 3.49. The first-order valence-corrected chi connectivity index (χ1v) is 8.84. The van der Waals surface area contributed by atoms with Gasteiger partial charge in [-0.05, 0) is 43.2 Å². The number of nitrogens with one attached hydrogen (secondary N) is 2. The van der Waals surface area contributed by atoms with E-state index in [9.17, 15) is 4.39 Å². The standard InChI is InChI=1S/C18H27ClFN3O.HI/c1-21-17(23-13-18(8-4-9-18)10-12-24-2)22-11-7-14-15(19)5-3-6-16(14)20;/h3,5-6H,4,7-13H2,1-2H3,(H2,21,22,23);1H. The zero-order chi connectivity index (χ0) is 17.4. The molecule has 2 N–H and O–H groups in total. The van der Waals surface area contributed by atoms with E-state index in [1.807, 2.05) is 0 Å². The second-order valence-electron chi connectivity index (χ2n) is 6.40. The SMILES string of the molecule is CN=C(NCCc1c(F)cccc1Cl)NCC1(CCOC)CCC1.I. The molecule has 1 fully saturated rings. The molecule has 0 aliphatic heterocycles. The van der Waals surface area contributed by atoms with Gasteiger partial charge in [-0.25, -0.2) is 4.39 Å². The first-order chi connectivity index (χ1) is 11.6. The average Bonchev–Trinajstić information content (AvgIpc) is 2.54. The fourth-order valence-electron chi connectivity index (χ4n) is 3.08. The molecule has 0 aromatic heterocycles. The number of halogens is 3. The molecular weight excluding hydrogens is 456 g/mol. The summed E-state index contributed by atoms with van der Waals surface area (Å²) in [5.74, 6) is 0.478. The van der Waals surface area contributed by atoms with Crippen LogP contribution in [0, 0.1) is 11.2 Å². The molecule has 0 saturated heterocycles. The number of nitrogens with zero attached hydrogens (tertiary/aromatic N) is 1. The minimum atomic E-state index is -0.264. The van der Waals surface area contributed by atoms with E-state index < -0.39 is 0 Å². The minimum absolute atomic E-state index is 0. The summed E-state index contributed by atoms with van der Waals surface area (Å²) in [6.45, 7) is 2.25. The summed E-state index contributed by atoms with van der Waals surface area (Å²) in [4.78, 5) is 4.24. The summed E-state index contributed by atoms with van der Waals surface area (Å²) in [6.07, 6.45) is 5.32. The normalized spacial score (nSPS) is 15.9. The molecule has 0 bridgehead atoms. The Morgan fingerprint density at radius 2 is 2.12 bits per heavy atom. The van der Waals surface area contributed by atoms with Crippen molar-refractivity contribution in [3.05, 3.63) is 34.6 Å². The predicted molar refractivity (Wildman–Crippen MR) is 113 cm³/mol. The maximum Gasteiger partial charge on any atom is 0.191 e. The van der Waals surface area contributed by atoms with Crippen molar-refractivity contribution in [3.63, 3.8) is 0 Å². The van der Waals surface area contributed by atoms with Gasteiger partial charge in [0.05, 0.1) is 0 Å². The number of rotatable bonds is 8. The maximum atomic E-state index is 13.8. The van der Waals surface area contributed by atoms with Gasteiger partial charge in [0.2, 0.25) is 0 Å².